The lowest BCUT2D eigenvalue weighted by Gasteiger charge is -2.30. The van der Waals surface area contributed by atoms with E-state index in [0.29, 0.717) is 19.6 Å². The van der Waals surface area contributed by atoms with E-state index < -0.39 is 0 Å². The smallest absolute Gasteiger partial charge is 0.252 e. The minimum Gasteiger partial charge on any atom is -0.467 e. The molecule has 8 heteroatoms. The molecule has 0 aliphatic carbocycles. The zero-order valence-electron chi connectivity index (χ0n) is 21.5. The van der Waals surface area contributed by atoms with Gasteiger partial charge in [-0.05, 0) is 77.0 Å². The average molecular weight is 497 g/mol. The maximum atomic E-state index is 13.2. The van der Waals surface area contributed by atoms with Crippen molar-refractivity contribution in [3.05, 3.63) is 111 Å². The summed E-state index contributed by atoms with van der Waals surface area (Å²) in [6.45, 7) is 7.89. The molecule has 3 heterocycles. The first-order chi connectivity index (χ1) is 18.0. The highest BCUT2D eigenvalue weighted by molar-refractivity contribution is 5.79. The molecular weight excluding hydrogens is 464 g/mol. The molecule has 1 N–H and O–H groups in total. The SMILES string of the molecule is CCc1ccc2[nH]c(=O)c(CN(Cc3ccc(C)cc3)[C@@H](CC)c3nnnn3Cc3ccco3)cc2c1. The molecule has 0 fully saturated rings. The Morgan fingerprint density at radius 1 is 1.03 bits per heavy atom. The predicted octanol–water partition coefficient (Wildman–Crippen LogP) is 5.18. The van der Waals surface area contributed by atoms with Crippen LogP contribution >= 0.6 is 0 Å². The van der Waals surface area contributed by atoms with Crippen LogP contribution in [0.2, 0.25) is 0 Å². The maximum Gasteiger partial charge on any atom is 0.252 e. The fraction of sp³-hybridized carbons (Fsp3) is 0.310. The molecule has 37 heavy (non-hydrogen) atoms. The average Bonchev–Trinajstić information content (AvgIpc) is 3.59. The number of H-pyrrole nitrogens is 1. The molecule has 3 aromatic heterocycles. The normalized spacial score (nSPS) is 12.4. The van der Waals surface area contributed by atoms with Crippen molar-refractivity contribution in [1.29, 1.82) is 0 Å². The molecule has 0 radical (unpaired) electrons. The van der Waals surface area contributed by atoms with Crippen molar-refractivity contribution in [2.45, 2.75) is 59.3 Å². The van der Waals surface area contributed by atoms with Gasteiger partial charge >= 0.3 is 0 Å². The second-order valence-electron chi connectivity index (χ2n) is 9.49. The van der Waals surface area contributed by atoms with E-state index in [-0.39, 0.29) is 11.6 Å². The van der Waals surface area contributed by atoms with Gasteiger partial charge in [0.1, 0.15) is 12.3 Å². The Balaban J connectivity index is 1.52. The fourth-order valence-electron chi connectivity index (χ4n) is 4.78. The first-order valence-corrected chi connectivity index (χ1v) is 12.8. The summed E-state index contributed by atoms with van der Waals surface area (Å²) in [5.74, 6) is 1.53. The Morgan fingerprint density at radius 2 is 1.84 bits per heavy atom. The molecule has 1 atom stereocenters. The van der Waals surface area contributed by atoms with Crippen molar-refractivity contribution in [2.75, 3.05) is 0 Å². The zero-order valence-corrected chi connectivity index (χ0v) is 21.5. The zero-order chi connectivity index (χ0) is 25.8. The number of benzene rings is 2. The Labute approximate surface area is 215 Å². The summed E-state index contributed by atoms with van der Waals surface area (Å²) >= 11 is 0. The predicted molar refractivity (Wildman–Crippen MR) is 143 cm³/mol. The molecule has 5 aromatic rings. The quantitative estimate of drug-likeness (QED) is 0.286. The number of aromatic nitrogens is 5. The van der Waals surface area contributed by atoms with Gasteiger partial charge in [-0.1, -0.05) is 49.7 Å². The summed E-state index contributed by atoms with van der Waals surface area (Å²) in [6, 6.07) is 20.4. The van der Waals surface area contributed by atoms with E-state index in [2.05, 4.69) is 82.6 Å². The number of hydrogen-bond acceptors (Lipinski definition) is 6. The number of aromatic amines is 1. The lowest BCUT2D eigenvalue weighted by atomic mass is 10.0. The topological polar surface area (TPSA) is 92.8 Å². The first kappa shape index (κ1) is 24.6. The number of fused-ring (bicyclic) bond motifs is 1. The molecule has 0 unspecified atom stereocenters. The molecule has 2 aromatic carbocycles. The van der Waals surface area contributed by atoms with Gasteiger partial charge in [0, 0.05) is 24.2 Å². The van der Waals surface area contributed by atoms with E-state index in [1.54, 1.807) is 10.9 Å². The number of tetrazole rings is 1. The Bertz CT molecular complexity index is 1520. The fourth-order valence-corrected chi connectivity index (χ4v) is 4.78. The van der Waals surface area contributed by atoms with E-state index in [9.17, 15) is 4.79 Å². The molecule has 0 aliphatic heterocycles. The Hall–Kier alpha value is -4.04. The number of hydrogen-bond donors (Lipinski definition) is 1. The molecule has 8 nitrogen and oxygen atoms in total. The van der Waals surface area contributed by atoms with Crippen molar-refractivity contribution in [3.8, 4) is 0 Å². The molecule has 5 rings (SSSR count). The number of pyridine rings is 1. The molecule has 0 spiro atoms. The summed E-state index contributed by atoms with van der Waals surface area (Å²) in [6.07, 6.45) is 3.37. The van der Waals surface area contributed by atoms with Crippen LogP contribution in [0.25, 0.3) is 10.9 Å². The lowest BCUT2D eigenvalue weighted by Crippen LogP contribution is -2.32. The standard InChI is InChI=1S/C29H32N6O2/c1-4-21-12-13-26-23(15-21)16-24(29(36)30-26)18-34(17-22-10-8-20(3)9-11-22)27(5-2)28-31-32-33-35(28)19-25-7-6-14-37-25/h6-16,27H,4-5,17-19H2,1-3H3,(H,30,36)/t27-/m0/s1. The van der Waals surface area contributed by atoms with Crippen LogP contribution in [0.3, 0.4) is 0 Å². The van der Waals surface area contributed by atoms with E-state index in [0.717, 1.165) is 40.9 Å². The third kappa shape index (κ3) is 5.54. The van der Waals surface area contributed by atoms with Crippen molar-refractivity contribution in [1.82, 2.24) is 30.1 Å². The molecule has 0 saturated carbocycles. The third-order valence-corrected chi connectivity index (χ3v) is 6.84. The van der Waals surface area contributed by atoms with Gasteiger partial charge in [-0.15, -0.1) is 5.10 Å². The first-order valence-electron chi connectivity index (χ1n) is 12.8. The summed E-state index contributed by atoms with van der Waals surface area (Å²) in [5.41, 5.74) is 5.12. The largest absolute Gasteiger partial charge is 0.467 e. The monoisotopic (exact) mass is 496 g/mol. The third-order valence-electron chi connectivity index (χ3n) is 6.84. The van der Waals surface area contributed by atoms with Gasteiger partial charge in [0.15, 0.2) is 5.82 Å². The second-order valence-corrected chi connectivity index (χ2v) is 9.49. The molecular formula is C29H32N6O2. The number of rotatable bonds is 10. The van der Waals surface area contributed by atoms with Crippen LogP contribution in [0.4, 0.5) is 0 Å². The van der Waals surface area contributed by atoms with Gasteiger partial charge in [-0.3, -0.25) is 9.69 Å². The van der Waals surface area contributed by atoms with Crippen LogP contribution in [0.15, 0.2) is 76.1 Å². The Kier molecular flexibility index (Phi) is 7.28. The summed E-state index contributed by atoms with van der Waals surface area (Å²) in [4.78, 5) is 18.5. The number of furan rings is 1. The van der Waals surface area contributed by atoms with Crippen LogP contribution in [0, 0.1) is 6.92 Å². The van der Waals surface area contributed by atoms with Crippen molar-refractivity contribution in [3.63, 3.8) is 0 Å². The van der Waals surface area contributed by atoms with E-state index in [4.69, 9.17) is 4.42 Å². The second kappa shape index (κ2) is 10.9. The van der Waals surface area contributed by atoms with Gasteiger partial charge in [0.05, 0.1) is 12.3 Å². The molecule has 190 valence electrons. The van der Waals surface area contributed by atoms with Gasteiger partial charge < -0.3 is 9.40 Å². The van der Waals surface area contributed by atoms with E-state index in [1.165, 1.54) is 16.7 Å². The minimum absolute atomic E-state index is 0.0734. The summed E-state index contributed by atoms with van der Waals surface area (Å²) in [7, 11) is 0. The van der Waals surface area contributed by atoms with Crippen molar-refractivity contribution < 1.29 is 4.42 Å². The van der Waals surface area contributed by atoms with Gasteiger partial charge in [0.25, 0.3) is 5.56 Å². The molecule has 0 amide bonds. The van der Waals surface area contributed by atoms with Crippen molar-refractivity contribution >= 4 is 10.9 Å². The van der Waals surface area contributed by atoms with Gasteiger partial charge in [0.2, 0.25) is 0 Å². The van der Waals surface area contributed by atoms with E-state index in [1.807, 2.05) is 24.3 Å². The highest BCUT2D eigenvalue weighted by atomic mass is 16.3. The van der Waals surface area contributed by atoms with Crippen molar-refractivity contribution in [2.24, 2.45) is 0 Å². The van der Waals surface area contributed by atoms with Gasteiger partial charge in [-0.2, -0.15) is 0 Å². The van der Waals surface area contributed by atoms with Gasteiger partial charge in [-0.25, -0.2) is 4.68 Å². The molecule has 0 aliphatic rings. The highest BCUT2D eigenvalue weighted by Crippen LogP contribution is 2.27. The molecule has 0 saturated heterocycles. The minimum atomic E-state index is -0.108. The number of nitrogens with zero attached hydrogens (tertiary/aromatic N) is 5. The van der Waals surface area contributed by atoms with Crippen LogP contribution in [-0.4, -0.2) is 30.1 Å². The lowest BCUT2D eigenvalue weighted by molar-refractivity contribution is 0.161. The van der Waals surface area contributed by atoms with Crippen LogP contribution < -0.4 is 5.56 Å². The maximum absolute atomic E-state index is 13.2. The number of aryl methyl sites for hydroxylation is 2. The number of nitrogens with one attached hydrogen (secondary N) is 1. The van der Waals surface area contributed by atoms with Crippen LogP contribution in [0.1, 0.15) is 60.1 Å². The summed E-state index contributed by atoms with van der Waals surface area (Å²) in [5, 5.41) is 13.7. The Morgan fingerprint density at radius 3 is 2.57 bits per heavy atom. The van der Waals surface area contributed by atoms with Crippen LogP contribution in [0.5, 0.6) is 0 Å². The molecule has 0 bridgehead atoms. The highest BCUT2D eigenvalue weighted by Gasteiger charge is 2.26. The summed E-state index contributed by atoms with van der Waals surface area (Å²) < 4.78 is 7.32. The van der Waals surface area contributed by atoms with E-state index >= 15 is 0 Å². The van der Waals surface area contributed by atoms with Crippen LogP contribution in [-0.2, 0) is 26.1 Å².